The minimum absolute atomic E-state index is 0.410. The van der Waals surface area contributed by atoms with Gasteiger partial charge in [0.15, 0.2) is 0 Å². The van der Waals surface area contributed by atoms with Gasteiger partial charge < -0.3 is 20.9 Å². The second-order valence-corrected chi connectivity index (χ2v) is 5.74. The maximum Gasteiger partial charge on any atom is 0.142 e. The SMILES string of the molecule is Nc1nsc(NCC2(O)CCOC2)c1C1CC1. The smallest absolute Gasteiger partial charge is 0.142 e. The number of nitrogens with two attached hydrogens (primary N) is 1. The molecule has 6 heteroatoms. The first-order valence-electron chi connectivity index (χ1n) is 5.97. The number of ether oxygens (including phenoxy) is 1. The van der Waals surface area contributed by atoms with Crippen molar-refractivity contribution in [1.29, 1.82) is 0 Å². The first kappa shape index (κ1) is 11.3. The molecule has 5 nitrogen and oxygen atoms in total. The predicted molar refractivity (Wildman–Crippen MR) is 67.4 cm³/mol. The molecule has 1 aromatic rings. The molecule has 1 aromatic heterocycles. The van der Waals surface area contributed by atoms with Crippen LogP contribution < -0.4 is 11.1 Å². The second-order valence-electron chi connectivity index (χ2n) is 4.97. The van der Waals surface area contributed by atoms with Crippen molar-refractivity contribution >= 4 is 22.4 Å². The van der Waals surface area contributed by atoms with Crippen molar-refractivity contribution < 1.29 is 9.84 Å². The van der Waals surface area contributed by atoms with Crippen LogP contribution in [-0.2, 0) is 4.74 Å². The Balaban J connectivity index is 1.68. The van der Waals surface area contributed by atoms with Crippen molar-refractivity contribution in [2.75, 3.05) is 30.8 Å². The molecule has 1 atom stereocenters. The van der Waals surface area contributed by atoms with E-state index in [1.165, 1.54) is 24.4 Å². The molecule has 3 rings (SSSR count). The zero-order chi connectivity index (χ0) is 11.9. The second kappa shape index (κ2) is 4.12. The number of nitrogens with one attached hydrogen (secondary N) is 1. The number of nitrogens with zero attached hydrogens (tertiary/aromatic N) is 1. The lowest BCUT2D eigenvalue weighted by Crippen LogP contribution is -2.37. The van der Waals surface area contributed by atoms with Gasteiger partial charge in [-0.05, 0) is 30.3 Å². The highest BCUT2D eigenvalue weighted by atomic mass is 32.1. The summed E-state index contributed by atoms with van der Waals surface area (Å²) in [5.74, 6) is 1.22. The van der Waals surface area contributed by atoms with E-state index in [1.807, 2.05) is 0 Å². The van der Waals surface area contributed by atoms with E-state index in [2.05, 4.69) is 9.69 Å². The number of anilines is 2. The molecular weight excluding hydrogens is 238 g/mol. The normalized spacial score (nSPS) is 28.5. The molecule has 2 fully saturated rings. The van der Waals surface area contributed by atoms with E-state index in [9.17, 15) is 5.11 Å². The van der Waals surface area contributed by atoms with Crippen LogP contribution in [0.5, 0.6) is 0 Å². The summed E-state index contributed by atoms with van der Waals surface area (Å²) >= 11 is 1.39. The molecule has 0 aromatic carbocycles. The highest BCUT2D eigenvalue weighted by Gasteiger charge is 2.34. The Labute approximate surface area is 104 Å². The molecule has 17 heavy (non-hydrogen) atoms. The fourth-order valence-corrected chi connectivity index (χ4v) is 2.98. The van der Waals surface area contributed by atoms with Crippen LogP contribution in [0.2, 0.25) is 0 Å². The average molecular weight is 255 g/mol. The number of rotatable bonds is 4. The van der Waals surface area contributed by atoms with Crippen LogP contribution in [-0.4, -0.2) is 34.8 Å². The van der Waals surface area contributed by atoms with Crippen molar-refractivity contribution in [3.63, 3.8) is 0 Å². The molecule has 0 radical (unpaired) electrons. The summed E-state index contributed by atoms with van der Waals surface area (Å²) in [6.45, 7) is 1.56. The maximum absolute atomic E-state index is 10.2. The summed E-state index contributed by atoms with van der Waals surface area (Å²) in [6.07, 6.45) is 3.09. The van der Waals surface area contributed by atoms with E-state index in [4.69, 9.17) is 10.5 Å². The van der Waals surface area contributed by atoms with Crippen LogP contribution in [0.3, 0.4) is 0 Å². The first-order chi connectivity index (χ1) is 8.18. The van der Waals surface area contributed by atoms with Crippen LogP contribution in [0.25, 0.3) is 0 Å². The van der Waals surface area contributed by atoms with Gasteiger partial charge in [0.05, 0.1) is 6.61 Å². The van der Waals surface area contributed by atoms with Crippen LogP contribution in [0.15, 0.2) is 0 Å². The minimum Gasteiger partial charge on any atom is -0.386 e. The molecule has 4 N–H and O–H groups in total. The van der Waals surface area contributed by atoms with Gasteiger partial charge in [0.25, 0.3) is 0 Å². The van der Waals surface area contributed by atoms with E-state index in [0.717, 1.165) is 10.6 Å². The zero-order valence-electron chi connectivity index (χ0n) is 9.61. The van der Waals surface area contributed by atoms with Crippen molar-refractivity contribution in [1.82, 2.24) is 4.37 Å². The minimum atomic E-state index is -0.737. The van der Waals surface area contributed by atoms with E-state index in [-0.39, 0.29) is 0 Å². The molecule has 1 aliphatic heterocycles. The molecule has 2 heterocycles. The van der Waals surface area contributed by atoms with Gasteiger partial charge in [-0.25, -0.2) is 0 Å². The largest absolute Gasteiger partial charge is 0.386 e. The first-order valence-corrected chi connectivity index (χ1v) is 6.74. The summed E-state index contributed by atoms with van der Waals surface area (Å²) in [5.41, 5.74) is 6.29. The number of hydrogen-bond donors (Lipinski definition) is 3. The Bertz CT molecular complexity index is 411. The lowest BCUT2D eigenvalue weighted by molar-refractivity contribution is 0.0382. The molecule has 1 aliphatic carbocycles. The van der Waals surface area contributed by atoms with Gasteiger partial charge >= 0.3 is 0 Å². The zero-order valence-corrected chi connectivity index (χ0v) is 10.4. The van der Waals surface area contributed by atoms with Crippen LogP contribution in [0.1, 0.15) is 30.7 Å². The number of hydrogen-bond acceptors (Lipinski definition) is 6. The van der Waals surface area contributed by atoms with Crippen LogP contribution in [0.4, 0.5) is 10.8 Å². The highest BCUT2D eigenvalue weighted by Crippen LogP contribution is 2.47. The van der Waals surface area contributed by atoms with Gasteiger partial charge in [0.1, 0.15) is 16.4 Å². The highest BCUT2D eigenvalue weighted by molar-refractivity contribution is 7.10. The Morgan fingerprint density at radius 3 is 3.06 bits per heavy atom. The summed E-state index contributed by atoms with van der Waals surface area (Å²) in [7, 11) is 0. The molecule has 94 valence electrons. The topological polar surface area (TPSA) is 80.4 Å². The number of nitrogen functional groups attached to an aromatic ring is 1. The third-order valence-electron chi connectivity index (χ3n) is 3.40. The van der Waals surface area contributed by atoms with Gasteiger partial charge in [0, 0.05) is 25.1 Å². The van der Waals surface area contributed by atoms with Gasteiger partial charge in [0.2, 0.25) is 0 Å². The van der Waals surface area contributed by atoms with E-state index < -0.39 is 5.60 Å². The fraction of sp³-hybridized carbons (Fsp3) is 0.727. The quantitative estimate of drug-likeness (QED) is 0.752. The molecule has 0 bridgehead atoms. The molecule has 2 aliphatic rings. The monoisotopic (exact) mass is 255 g/mol. The van der Waals surface area contributed by atoms with Crippen molar-refractivity contribution in [2.45, 2.75) is 30.8 Å². The molecule has 1 saturated carbocycles. The Morgan fingerprint density at radius 2 is 2.41 bits per heavy atom. The number of aromatic nitrogens is 1. The van der Waals surface area contributed by atoms with E-state index in [0.29, 0.717) is 37.9 Å². The summed E-state index contributed by atoms with van der Waals surface area (Å²) in [4.78, 5) is 0. The lowest BCUT2D eigenvalue weighted by Gasteiger charge is -2.21. The molecule has 1 saturated heterocycles. The summed E-state index contributed by atoms with van der Waals surface area (Å²) < 4.78 is 9.41. The average Bonchev–Trinajstić information content (AvgIpc) is 2.94. The van der Waals surface area contributed by atoms with Gasteiger partial charge in [-0.2, -0.15) is 4.37 Å². The predicted octanol–water partition coefficient (Wildman–Crippen LogP) is 1.17. The van der Waals surface area contributed by atoms with Gasteiger partial charge in [-0.3, -0.25) is 0 Å². The molecule has 1 unspecified atom stereocenters. The Hall–Kier alpha value is -0.850. The van der Waals surface area contributed by atoms with Gasteiger partial charge in [-0.15, -0.1) is 0 Å². The van der Waals surface area contributed by atoms with Crippen molar-refractivity contribution in [3.8, 4) is 0 Å². The van der Waals surface area contributed by atoms with Crippen LogP contribution in [0, 0.1) is 0 Å². The fourth-order valence-electron chi connectivity index (χ4n) is 2.18. The summed E-state index contributed by atoms with van der Waals surface area (Å²) in [5, 5.41) is 14.5. The van der Waals surface area contributed by atoms with E-state index in [1.54, 1.807) is 0 Å². The Kier molecular flexibility index (Phi) is 2.72. The van der Waals surface area contributed by atoms with Crippen LogP contribution >= 0.6 is 11.5 Å². The third kappa shape index (κ3) is 2.25. The standard InChI is InChI=1S/C11H17N3O2S/c12-9-8(7-1-2-7)10(17-14-9)13-5-11(15)3-4-16-6-11/h7,13,15H,1-6H2,(H2,12,14). The van der Waals surface area contributed by atoms with Crippen molar-refractivity contribution in [2.24, 2.45) is 0 Å². The maximum atomic E-state index is 10.2. The van der Waals surface area contributed by atoms with Gasteiger partial charge in [-0.1, -0.05) is 0 Å². The molecule has 0 amide bonds. The molecule has 0 spiro atoms. The molecular formula is C11H17N3O2S. The van der Waals surface area contributed by atoms with Crippen molar-refractivity contribution in [3.05, 3.63) is 5.56 Å². The number of aliphatic hydroxyl groups is 1. The third-order valence-corrected chi connectivity index (χ3v) is 4.24. The Morgan fingerprint density at radius 1 is 1.59 bits per heavy atom. The summed E-state index contributed by atoms with van der Waals surface area (Å²) in [6, 6.07) is 0. The lowest BCUT2D eigenvalue weighted by atomic mass is 10.0. The van der Waals surface area contributed by atoms with E-state index >= 15 is 0 Å².